The Hall–Kier alpha value is -1.56. The van der Waals surface area contributed by atoms with Gasteiger partial charge in [0.05, 0.1) is 0 Å². The lowest BCUT2D eigenvalue weighted by Gasteiger charge is -2.24. The van der Waals surface area contributed by atoms with Crippen molar-refractivity contribution in [3.8, 4) is 0 Å². The molecule has 0 heteroatoms. The monoisotopic (exact) mass is 294 g/mol. The number of benzene rings is 2. The van der Waals surface area contributed by atoms with E-state index in [0.717, 1.165) is 6.42 Å². The van der Waals surface area contributed by atoms with Crippen molar-refractivity contribution in [3.63, 3.8) is 0 Å². The van der Waals surface area contributed by atoms with Crippen LogP contribution in [-0.2, 0) is 17.3 Å². The van der Waals surface area contributed by atoms with Gasteiger partial charge < -0.3 is 0 Å². The highest BCUT2D eigenvalue weighted by Crippen LogP contribution is 2.29. The molecule has 0 N–H and O–H groups in total. The Bertz CT molecular complexity index is 631. The van der Waals surface area contributed by atoms with Gasteiger partial charge >= 0.3 is 0 Å². The molecular weight excluding hydrogens is 264 g/mol. The predicted molar refractivity (Wildman–Crippen MR) is 97.8 cm³/mol. The van der Waals surface area contributed by atoms with Gasteiger partial charge in [-0.2, -0.15) is 0 Å². The van der Waals surface area contributed by atoms with E-state index in [1.165, 1.54) is 27.8 Å². The molecule has 0 aliphatic rings. The molecular formula is C22H30. The van der Waals surface area contributed by atoms with Gasteiger partial charge in [-0.05, 0) is 46.4 Å². The molecule has 0 spiro atoms. The van der Waals surface area contributed by atoms with Crippen molar-refractivity contribution in [2.45, 2.75) is 65.7 Å². The van der Waals surface area contributed by atoms with Crippen LogP contribution in [0.2, 0.25) is 0 Å². The summed E-state index contributed by atoms with van der Waals surface area (Å²) in [6.07, 6.45) is 1.01. The molecule has 2 rings (SSSR count). The van der Waals surface area contributed by atoms with Crippen LogP contribution in [0.1, 0.15) is 69.4 Å². The Kier molecular flexibility index (Phi) is 4.52. The lowest BCUT2D eigenvalue weighted by molar-refractivity contribution is 0.583. The van der Waals surface area contributed by atoms with E-state index < -0.39 is 0 Å². The van der Waals surface area contributed by atoms with Crippen molar-refractivity contribution in [2.75, 3.05) is 0 Å². The average molecular weight is 294 g/mol. The van der Waals surface area contributed by atoms with Gasteiger partial charge in [0.1, 0.15) is 0 Å². The second-order valence-corrected chi connectivity index (χ2v) is 8.53. The van der Waals surface area contributed by atoms with E-state index in [1.54, 1.807) is 0 Å². The first kappa shape index (κ1) is 16.8. The van der Waals surface area contributed by atoms with Gasteiger partial charge in [-0.3, -0.25) is 0 Å². The molecule has 0 aliphatic heterocycles. The Morgan fingerprint density at radius 2 is 1.32 bits per heavy atom. The average Bonchev–Trinajstić information content (AvgIpc) is 2.39. The van der Waals surface area contributed by atoms with E-state index in [1.807, 2.05) is 0 Å². The summed E-state index contributed by atoms with van der Waals surface area (Å²) in [6, 6.07) is 16.0. The quantitative estimate of drug-likeness (QED) is 0.620. The van der Waals surface area contributed by atoms with Gasteiger partial charge in [-0.25, -0.2) is 0 Å². The summed E-state index contributed by atoms with van der Waals surface area (Å²) in [6.45, 7) is 15.9. The van der Waals surface area contributed by atoms with Crippen LogP contribution in [0.15, 0.2) is 42.5 Å². The second-order valence-electron chi connectivity index (χ2n) is 8.53. The molecule has 0 unspecified atom stereocenters. The summed E-state index contributed by atoms with van der Waals surface area (Å²) in [7, 11) is 0. The third kappa shape index (κ3) is 4.00. The number of hydrogen-bond donors (Lipinski definition) is 0. The summed E-state index contributed by atoms with van der Waals surface area (Å²) < 4.78 is 0. The molecule has 0 saturated heterocycles. The molecule has 0 saturated carbocycles. The fourth-order valence-corrected chi connectivity index (χ4v) is 2.89. The first-order chi connectivity index (χ1) is 10.1. The summed E-state index contributed by atoms with van der Waals surface area (Å²) >= 11 is 0. The van der Waals surface area contributed by atoms with Crippen molar-refractivity contribution in [3.05, 3.63) is 70.3 Å². The minimum atomic E-state index is 0.187. The number of hydrogen-bond acceptors (Lipinski definition) is 0. The summed E-state index contributed by atoms with van der Waals surface area (Å²) in [5.41, 5.74) is 7.45. The van der Waals surface area contributed by atoms with Gasteiger partial charge in [-0.15, -0.1) is 0 Å². The van der Waals surface area contributed by atoms with E-state index >= 15 is 0 Å². The molecule has 0 bridgehead atoms. The molecule has 0 nitrogen and oxygen atoms in total. The Morgan fingerprint density at radius 3 is 1.82 bits per heavy atom. The molecule has 0 aromatic heterocycles. The predicted octanol–water partition coefficient (Wildman–Crippen LogP) is 6.18. The van der Waals surface area contributed by atoms with E-state index in [-0.39, 0.29) is 10.8 Å². The zero-order valence-corrected chi connectivity index (χ0v) is 15.2. The summed E-state index contributed by atoms with van der Waals surface area (Å²) in [4.78, 5) is 0. The SMILES string of the molecule is Cc1ccc(Cc2ccc(C(C)(C)C)cc2)c(C(C)(C)C)c1. The number of aryl methyl sites for hydroxylation is 1. The van der Waals surface area contributed by atoms with E-state index in [2.05, 4.69) is 90.9 Å². The zero-order chi connectivity index (χ0) is 16.5. The van der Waals surface area contributed by atoms with Crippen molar-refractivity contribution < 1.29 is 0 Å². The fourth-order valence-electron chi connectivity index (χ4n) is 2.89. The van der Waals surface area contributed by atoms with Gasteiger partial charge in [0.2, 0.25) is 0 Å². The Balaban J connectivity index is 2.32. The van der Waals surface area contributed by atoms with Crippen LogP contribution in [0.3, 0.4) is 0 Å². The van der Waals surface area contributed by atoms with Gasteiger partial charge in [-0.1, -0.05) is 89.6 Å². The molecule has 0 fully saturated rings. The standard InChI is InChI=1S/C22H30/c1-16-8-11-18(20(14-16)22(5,6)7)15-17-9-12-19(13-10-17)21(2,3)4/h8-14H,15H2,1-7H3. The molecule has 22 heavy (non-hydrogen) atoms. The lowest BCUT2D eigenvalue weighted by atomic mass is 9.81. The van der Waals surface area contributed by atoms with Gasteiger partial charge in [0, 0.05) is 0 Å². The van der Waals surface area contributed by atoms with Gasteiger partial charge in [0.15, 0.2) is 0 Å². The highest BCUT2D eigenvalue weighted by atomic mass is 14.2. The van der Waals surface area contributed by atoms with Crippen LogP contribution in [0, 0.1) is 6.92 Å². The molecule has 0 aliphatic carbocycles. The molecule has 2 aromatic carbocycles. The first-order valence-electron chi connectivity index (χ1n) is 8.27. The number of rotatable bonds is 2. The highest BCUT2D eigenvalue weighted by molar-refractivity contribution is 5.40. The minimum Gasteiger partial charge on any atom is -0.0590 e. The van der Waals surface area contributed by atoms with Crippen LogP contribution in [-0.4, -0.2) is 0 Å². The normalized spacial score (nSPS) is 12.5. The lowest BCUT2D eigenvalue weighted by Crippen LogP contribution is -2.15. The van der Waals surface area contributed by atoms with Gasteiger partial charge in [0.25, 0.3) is 0 Å². The Morgan fingerprint density at radius 1 is 0.727 bits per heavy atom. The van der Waals surface area contributed by atoms with Crippen molar-refractivity contribution in [1.82, 2.24) is 0 Å². The smallest absolute Gasteiger partial charge is 0.00228 e. The topological polar surface area (TPSA) is 0 Å². The van der Waals surface area contributed by atoms with Crippen molar-refractivity contribution in [1.29, 1.82) is 0 Å². The van der Waals surface area contributed by atoms with Crippen LogP contribution in [0.5, 0.6) is 0 Å². The summed E-state index contributed by atoms with van der Waals surface area (Å²) in [5.74, 6) is 0. The largest absolute Gasteiger partial charge is 0.0590 e. The van der Waals surface area contributed by atoms with Crippen LogP contribution >= 0.6 is 0 Å². The molecule has 118 valence electrons. The maximum atomic E-state index is 2.35. The molecule has 0 radical (unpaired) electrons. The van der Waals surface area contributed by atoms with Crippen molar-refractivity contribution in [2.24, 2.45) is 0 Å². The molecule has 2 aromatic rings. The highest BCUT2D eigenvalue weighted by Gasteiger charge is 2.18. The summed E-state index contributed by atoms with van der Waals surface area (Å²) in [5, 5.41) is 0. The Labute approximate surface area is 136 Å². The zero-order valence-electron chi connectivity index (χ0n) is 15.2. The van der Waals surface area contributed by atoms with E-state index in [4.69, 9.17) is 0 Å². The fraction of sp³-hybridized carbons (Fsp3) is 0.455. The third-order valence-corrected chi connectivity index (χ3v) is 4.29. The van der Waals surface area contributed by atoms with Crippen LogP contribution < -0.4 is 0 Å². The van der Waals surface area contributed by atoms with Crippen molar-refractivity contribution >= 4 is 0 Å². The molecule has 0 atom stereocenters. The maximum absolute atomic E-state index is 2.35. The first-order valence-corrected chi connectivity index (χ1v) is 8.27. The molecule has 0 amide bonds. The molecule has 0 heterocycles. The van der Waals surface area contributed by atoms with E-state index in [0.29, 0.717) is 0 Å². The second kappa shape index (κ2) is 5.91. The maximum Gasteiger partial charge on any atom is -0.00228 e. The van der Waals surface area contributed by atoms with E-state index in [9.17, 15) is 0 Å². The minimum absolute atomic E-state index is 0.187. The van der Waals surface area contributed by atoms with Crippen LogP contribution in [0.25, 0.3) is 0 Å². The van der Waals surface area contributed by atoms with Crippen LogP contribution in [0.4, 0.5) is 0 Å². The third-order valence-electron chi connectivity index (χ3n) is 4.29.